The highest BCUT2D eigenvalue weighted by Gasteiger charge is 2.35. The molecule has 1 aliphatic carbocycles. The number of alkyl halides is 2. The van der Waals surface area contributed by atoms with Gasteiger partial charge in [0.05, 0.1) is 0 Å². The maximum atomic E-state index is 12.3. The van der Waals surface area contributed by atoms with E-state index in [1.54, 1.807) is 12.1 Å². The van der Waals surface area contributed by atoms with E-state index in [0.717, 1.165) is 11.1 Å². The van der Waals surface area contributed by atoms with Crippen molar-refractivity contribution in [1.29, 1.82) is 0 Å². The van der Waals surface area contributed by atoms with Crippen molar-refractivity contribution in [2.75, 3.05) is 0 Å². The molecular weight excluding hydrogens is 212 g/mol. The van der Waals surface area contributed by atoms with Gasteiger partial charge in [0, 0.05) is 11.6 Å². The summed E-state index contributed by atoms with van der Waals surface area (Å²) < 4.78 is 29.0. The van der Waals surface area contributed by atoms with Gasteiger partial charge in [-0.1, -0.05) is 26.0 Å². The quantitative estimate of drug-likeness (QED) is 0.842. The molecule has 0 radical (unpaired) electrons. The molecule has 0 fully saturated rings. The van der Waals surface area contributed by atoms with Crippen LogP contribution in [0.5, 0.6) is 5.75 Å². The molecule has 0 amide bonds. The highest BCUT2D eigenvalue weighted by atomic mass is 19.3. The topological polar surface area (TPSA) is 35.2 Å². The zero-order valence-corrected chi connectivity index (χ0v) is 9.28. The minimum Gasteiger partial charge on any atom is -0.435 e. The van der Waals surface area contributed by atoms with Crippen LogP contribution in [-0.4, -0.2) is 6.61 Å². The first-order chi connectivity index (χ1) is 7.52. The lowest BCUT2D eigenvalue weighted by atomic mass is 9.94. The molecule has 2 N–H and O–H groups in total. The molecule has 4 heteroatoms. The molecule has 0 spiro atoms. The van der Waals surface area contributed by atoms with Gasteiger partial charge in [0.1, 0.15) is 5.75 Å². The van der Waals surface area contributed by atoms with Gasteiger partial charge in [0.25, 0.3) is 0 Å². The molecule has 1 aromatic rings. The number of nitrogens with two attached hydrogens (primary N) is 1. The van der Waals surface area contributed by atoms with Crippen molar-refractivity contribution in [2.24, 2.45) is 11.7 Å². The molecule has 0 heterocycles. The van der Waals surface area contributed by atoms with Gasteiger partial charge < -0.3 is 10.5 Å². The summed E-state index contributed by atoms with van der Waals surface area (Å²) in [4.78, 5) is 0. The monoisotopic (exact) mass is 227 g/mol. The third-order valence-corrected chi connectivity index (χ3v) is 3.49. The third kappa shape index (κ3) is 1.67. The van der Waals surface area contributed by atoms with Crippen LogP contribution in [0.2, 0.25) is 0 Å². The highest BCUT2D eigenvalue weighted by molar-refractivity contribution is 5.48. The van der Waals surface area contributed by atoms with Crippen LogP contribution < -0.4 is 10.5 Å². The van der Waals surface area contributed by atoms with Crippen LogP contribution in [0.4, 0.5) is 8.78 Å². The van der Waals surface area contributed by atoms with E-state index in [4.69, 9.17) is 5.73 Å². The Labute approximate surface area is 93.4 Å². The summed E-state index contributed by atoms with van der Waals surface area (Å²) in [6.07, 6.45) is 0. The van der Waals surface area contributed by atoms with E-state index in [9.17, 15) is 8.78 Å². The Kier molecular flexibility index (Phi) is 2.84. The fourth-order valence-corrected chi connectivity index (χ4v) is 2.39. The molecule has 0 saturated carbocycles. The molecule has 0 aliphatic heterocycles. The van der Waals surface area contributed by atoms with Crippen LogP contribution in [-0.2, 0) is 0 Å². The van der Waals surface area contributed by atoms with Crippen molar-refractivity contribution in [1.82, 2.24) is 0 Å². The van der Waals surface area contributed by atoms with Gasteiger partial charge in [0.15, 0.2) is 0 Å². The molecule has 16 heavy (non-hydrogen) atoms. The molecule has 3 unspecified atom stereocenters. The minimum atomic E-state index is -2.79. The van der Waals surface area contributed by atoms with Crippen LogP contribution in [0.25, 0.3) is 0 Å². The molecule has 3 atom stereocenters. The van der Waals surface area contributed by atoms with Gasteiger partial charge in [-0.2, -0.15) is 8.78 Å². The Bertz CT molecular complexity index is 395. The largest absolute Gasteiger partial charge is 0.435 e. The Morgan fingerprint density at radius 1 is 1.31 bits per heavy atom. The fraction of sp³-hybridized carbons (Fsp3) is 0.500. The van der Waals surface area contributed by atoms with Crippen LogP contribution in [0.1, 0.15) is 36.9 Å². The van der Waals surface area contributed by atoms with Crippen molar-refractivity contribution in [3.63, 3.8) is 0 Å². The zero-order valence-electron chi connectivity index (χ0n) is 9.28. The van der Waals surface area contributed by atoms with Crippen molar-refractivity contribution in [2.45, 2.75) is 32.4 Å². The van der Waals surface area contributed by atoms with Crippen LogP contribution in [0.3, 0.4) is 0 Å². The van der Waals surface area contributed by atoms with Crippen LogP contribution >= 0.6 is 0 Å². The maximum absolute atomic E-state index is 12.3. The van der Waals surface area contributed by atoms with Crippen LogP contribution in [0.15, 0.2) is 18.2 Å². The number of benzene rings is 1. The lowest BCUT2D eigenvalue weighted by molar-refractivity contribution is -0.0505. The number of rotatable bonds is 2. The summed E-state index contributed by atoms with van der Waals surface area (Å²) in [5.41, 5.74) is 7.80. The summed E-state index contributed by atoms with van der Waals surface area (Å²) >= 11 is 0. The van der Waals surface area contributed by atoms with E-state index in [-0.39, 0.29) is 23.6 Å². The Morgan fingerprint density at radius 2 is 2.00 bits per heavy atom. The van der Waals surface area contributed by atoms with E-state index >= 15 is 0 Å². The molecule has 2 rings (SSSR count). The second-order valence-electron chi connectivity index (χ2n) is 4.31. The van der Waals surface area contributed by atoms with E-state index in [0.29, 0.717) is 0 Å². The number of hydrogen-bond acceptors (Lipinski definition) is 2. The summed E-state index contributed by atoms with van der Waals surface area (Å²) in [6, 6.07) is 5.08. The van der Waals surface area contributed by atoms with Crippen molar-refractivity contribution in [3.8, 4) is 5.75 Å². The lowest BCUT2D eigenvalue weighted by Crippen LogP contribution is -2.14. The molecule has 1 aromatic carbocycles. The molecular formula is C12H15F2NO. The SMILES string of the molecule is CC1c2c(OC(F)F)cccc2C(N)C1C. The first kappa shape index (κ1) is 11.3. The van der Waals surface area contributed by atoms with E-state index < -0.39 is 6.61 Å². The van der Waals surface area contributed by atoms with E-state index in [1.165, 1.54) is 0 Å². The molecule has 88 valence electrons. The fourth-order valence-electron chi connectivity index (χ4n) is 2.39. The van der Waals surface area contributed by atoms with E-state index in [2.05, 4.69) is 4.74 Å². The lowest BCUT2D eigenvalue weighted by Gasteiger charge is -2.15. The van der Waals surface area contributed by atoms with Gasteiger partial charge in [-0.3, -0.25) is 0 Å². The standard InChI is InChI=1S/C12H15F2NO/c1-6-7(2)11(15)8-4-3-5-9(10(6)8)16-12(13)14/h3-7,11-12H,15H2,1-2H3. The molecule has 0 aromatic heterocycles. The first-order valence-corrected chi connectivity index (χ1v) is 5.35. The van der Waals surface area contributed by atoms with Crippen LogP contribution in [0, 0.1) is 5.92 Å². The van der Waals surface area contributed by atoms with Crippen molar-refractivity contribution in [3.05, 3.63) is 29.3 Å². The predicted molar refractivity (Wildman–Crippen MR) is 57.6 cm³/mol. The molecule has 0 saturated heterocycles. The summed E-state index contributed by atoms with van der Waals surface area (Å²) in [5.74, 6) is 0.664. The average Bonchev–Trinajstić information content (AvgIpc) is 2.44. The van der Waals surface area contributed by atoms with Crippen molar-refractivity contribution >= 4 is 0 Å². The number of hydrogen-bond donors (Lipinski definition) is 1. The normalized spacial score (nSPS) is 28.2. The Balaban J connectivity index is 2.45. The second-order valence-corrected chi connectivity index (χ2v) is 4.31. The highest BCUT2D eigenvalue weighted by Crippen LogP contribution is 2.47. The van der Waals surface area contributed by atoms with Gasteiger partial charge in [0.2, 0.25) is 0 Å². The number of fused-ring (bicyclic) bond motifs is 1. The number of ether oxygens (including phenoxy) is 1. The first-order valence-electron chi connectivity index (χ1n) is 5.35. The van der Waals surface area contributed by atoms with Gasteiger partial charge in [-0.05, 0) is 23.5 Å². The minimum absolute atomic E-state index is 0.0915. The Morgan fingerprint density at radius 3 is 2.62 bits per heavy atom. The third-order valence-electron chi connectivity index (χ3n) is 3.49. The smallest absolute Gasteiger partial charge is 0.387 e. The molecule has 2 nitrogen and oxygen atoms in total. The summed E-state index contributed by atoms with van der Waals surface area (Å²) in [6.45, 7) is 1.24. The Hall–Kier alpha value is -1.16. The average molecular weight is 227 g/mol. The molecule has 1 aliphatic rings. The summed E-state index contributed by atoms with van der Waals surface area (Å²) in [7, 11) is 0. The maximum Gasteiger partial charge on any atom is 0.387 e. The summed E-state index contributed by atoms with van der Waals surface area (Å²) in [5, 5.41) is 0. The van der Waals surface area contributed by atoms with Gasteiger partial charge in [-0.25, -0.2) is 0 Å². The number of halogens is 2. The van der Waals surface area contributed by atoms with Crippen molar-refractivity contribution < 1.29 is 13.5 Å². The van der Waals surface area contributed by atoms with Gasteiger partial charge >= 0.3 is 6.61 Å². The second kappa shape index (κ2) is 4.01. The predicted octanol–water partition coefficient (Wildman–Crippen LogP) is 3.04. The molecule has 0 bridgehead atoms. The zero-order chi connectivity index (χ0) is 11.9. The van der Waals surface area contributed by atoms with Gasteiger partial charge in [-0.15, -0.1) is 0 Å². The van der Waals surface area contributed by atoms with E-state index in [1.807, 2.05) is 19.9 Å².